The zero-order chi connectivity index (χ0) is 19.4. The zero-order valence-electron chi connectivity index (χ0n) is 15.7. The lowest BCUT2D eigenvalue weighted by atomic mass is 10.1. The fourth-order valence-corrected chi connectivity index (χ4v) is 4.54. The average molecular weight is 503 g/mol. The van der Waals surface area contributed by atoms with E-state index < -0.39 is 0 Å². The Morgan fingerprint density at radius 1 is 1.18 bits per heavy atom. The van der Waals surface area contributed by atoms with Crippen molar-refractivity contribution < 1.29 is 4.79 Å². The van der Waals surface area contributed by atoms with Crippen LogP contribution in [0.25, 0.3) is 10.2 Å². The van der Waals surface area contributed by atoms with Gasteiger partial charge in [-0.3, -0.25) is 9.69 Å². The maximum absolute atomic E-state index is 13.1. The molecule has 0 radical (unpaired) electrons. The van der Waals surface area contributed by atoms with Gasteiger partial charge in [-0.15, -0.1) is 12.4 Å². The van der Waals surface area contributed by atoms with Crippen molar-refractivity contribution >= 4 is 72.5 Å². The molecular weight excluding hydrogens is 481 g/mol. The van der Waals surface area contributed by atoms with Gasteiger partial charge in [0.1, 0.15) is 0 Å². The van der Waals surface area contributed by atoms with Gasteiger partial charge in [0, 0.05) is 16.0 Å². The van der Waals surface area contributed by atoms with Crippen LogP contribution in [0.5, 0.6) is 0 Å². The number of aromatic nitrogens is 1. The number of thiazole rings is 1. The minimum atomic E-state index is 0. The van der Waals surface area contributed by atoms with Crippen LogP contribution in [-0.2, 0) is 11.2 Å². The summed E-state index contributed by atoms with van der Waals surface area (Å²) in [4.78, 5) is 21.7. The highest BCUT2D eigenvalue weighted by Gasteiger charge is 2.20. The molecular formula is C20H22BrCl2N3OS. The maximum Gasteiger partial charge on any atom is 0.233 e. The summed E-state index contributed by atoms with van der Waals surface area (Å²) >= 11 is 11.3. The summed E-state index contributed by atoms with van der Waals surface area (Å²) in [6.07, 6.45) is 1.14. The van der Waals surface area contributed by atoms with Crippen LogP contribution in [-0.4, -0.2) is 43.0 Å². The number of anilines is 1. The zero-order valence-corrected chi connectivity index (χ0v) is 19.7. The number of halogens is 3. The normalized spacial score (nSPS) is 10.9. The summed E-state index contributed by atoms with van der Waals surface area (Å²) in [6.45, 7) is 1.54. The first-order chi connectivity index (χ1) is 12.9. The topological polar surface area (TPSA) is 36.4 Å². The van der Waals surface area contributed by atoms with Gasteiger partial charge in [-0.25, -0.2) is 4.98 Å². The second-order valence-electron chi connectivity index (χ2n) is 6.58. The van der Waals surface area contributed by atoms with Gasteiger partial charge in [0.25, 0.3) is 0 Å². The van der Waals surface area contributed by atoms with Crippen LogP contribution >= 0.6 is 51.3 Å². The molecule has 0 unspecified atom stereocenters. The lowest BCUT2D eigenvalue weighted by Crippen LogP contribution is -2.34. The molecule has 0 aliphatic carbocycles. The van der Waals surface area contributed by atoms with Crippen LogP contribution in [0.1, 0.15) is 12.0 Å². The molecule has 0 fully saturated rings. The fraction of sp³-hybridized carbons (Fsp3) is 0.300. The minimum absolute atomic E-state index is 0. The molecule has 4 nitrogen and oxygen atoms in total. The predicted octanol–water partition coefficient (Wildman–Crippen LogP) is 5.66. The van der Waals surface area contributed by atoms with Crippen LogP contribution < -0.4 is 4.90 Å². The van der Waals surface area contributed by atoms with Crippen molar-refractivity contribution in [1.29, 1.82) is 0 Å². The van der Waals surface area contributed by atoms with Crippen molar-refractivity contribution in [2.45, 2.75) is 12.8 Å². The highest BCUT2D eigenvalue weighted by atomic mass is 79.9. The lowest BCUT2D eigenvalue weighted by Gasteiger charge is -2.21. The van der Waals surface area contributed by atoms with Gasteiger partial charge in [0.15, 0.2) is 5.13 Å². The average Bonchev–Trinajstić information content (AvgIpc) is 3.03. The number of carbonyl (C=O) groups is 1. The van der Waals surface area contributed by atoms with Crippen molar-refractivity contribution in [2.24, 2.45) is 0 Å². The Morgan fingerprint density at radius 3 is 2.64 bits per heavy atom. The first-order valence-electron chi connectivity index (χ1n) is 8.68. The summed E-state index contributed by atoms with van der Waals surface area (Å²) in [5.74, 6) is 0.0139. The molecule has 0 aliphatic rings. The Bertz CT molecular complexity index is 948. The van der Waals surface area contributed by atoms with Crippen LogP contribution in [0.15, 0.2) is 46.9 Å². The molecule has 0 aliphatic heterocycles. The van der Waals surface area contributed by atoms with Gasteiger partial charge < -0.3 is 4.90 Å². The van der Waals surface area contributed by atoms with Gasteiger partial charge in [-0.05, 0) is 56.9 Å². The number of hydrogen-bond donors (Lipinski definition) is 0. The van der Waals surface area contributed by atoms with E-state index in [2.05, 4.69) is 20.8 Å². The largest absolute Gasteiger partial charge is 0.309 e. The molecule has 1 amide bonds. The number of benzene rings is 2. The van der Waals surface area contributed by atoms with Gasteiger partial charge in [0.2, 0.25) is 5.91 Å². The molecule has 0 saturated carbocycles. The Morgan fingerprint density at radius 2 is 1.93 bits per heavy atom. The highest BCUT2D eigenvalue weighted by molar-refractivity contribution is 9.10. The van der Waals surface area contributed by atoms with E-state index in [4.69, 9.17) is 16.6 Å². The molecule has 0 spiro atoms. The van der Waals surface area contributed by atoms with Crippen molar-refractivity contribution in [3.05, 3.63) is 57.5 Å². The van der Waals surface area contributed by atoms with Gasteiger partial charge in [-0.1, -0.05) is 57.1 Å². The highest BCUT2D eigenvalue weighted by Crippen LogP contribution is 2.31. The maximum atomic E-state index is 13.1. The first kappa shape index (κ1) is 23.1. The van der Waals surface area contributed by atoms with E-state index in [1.807, 2.05) is 56.6 Å². The molecule has 150 valence electrons. The van der Waals surface area contributed by atoms with Gasteiger partial charge in [0.05, 0.1) is 16.6 Å². The van der Waals surface area contributed by atoms with Gasteiger partial charge in [-0.2, -0.15) is 0 Å². The summed E-state index contributed by atoms with van der Waals surface area (Å²) in [5, 5.41) is 1.35. The molecule has 0 N–H and O–H groups in total. The summed E-state index contributed by atoms with van der Waals surface area (Å²) in [5.41, 5.74) is 1.74. The third kappa shape index (κ3) is 5.91. The molecule has 0 saturated heterocycles. The molecule has 1 aromatic heterocycles. The number of nitrogens with zero attached hydrogens (tertiary/aromatic N) is 3. The Balaban J connectivity index is 0.00000280. The minimum Gasteiger partial charge on any atom is -0.309 e. The summed E-state index contributed by atoms with van der Waals surface area (Å²) < 4.78 is 2.06. The van der Waals surface area contributed by atoms with Crippen molar-refractivity contribution in [2.75, 3.05) is 32.1 Å². The fourth-order valence-electron chi connectivity index (χ4n) is 2.77. The second kappa shape index (κ2) is 10.6. The third-order valence-corrected chi connectivity index (χ3v) is 6.06. The number of hydrogen-bond acceptors (Lipinski definition) is 4. The first-order valence-corrected chi connectivity index (χ1v) is 10.7. The summed E-state index contributed by atoms with van der Waals surface area (Å²) in [7, 11) is 4.07. The van der Waals surface area contributed by atoms with Crippen LogP contribution in [0.3, 0.4) is 0 Å². The molecule has 3 rings (SSSR count). The van der Waals surface area contributed by atoms with E-state index in [1.54, 1.807) is 4.90 Å². The number of rotatable bonds is 7. The number of carbonyl (C=O) groups excluding carboxylic acids is 1. The molecule has 28 heavy (non-hydrogen) atoms. The van der Waals surface area contributed by atoms with Gasteiger partial charge >= 0.3 is 0 Å². The molecule has 8 heteroatoms. The monoisotopic (exact) mass is 501 g/mol. The van der Waals surface area contributed by atoms with E-state index in [0.29, 0.717) is 11.6 Å². The Labute approximate surface area is 189 Å². The molecule has 0 bridgehead atoms. The van der Waals surface area contributed by atoms with Crippen molar-refractivity contribution in [3.63, 3.8) is 0 Å². The lowest BCUT2D eigenvalue weighted by molar-refractivity contribution is -0.118. The standard InChI is InChI=1S/C20H21BrClN3OS.ClH/c1-24(2)10-5-11-25(19(26)12-14-6-3-4-7-16(14)22)20-23-17-9-8-15(21)13-18(17)27-20;/h3-4,6-9,13H,5,10-12H2,1-2H3;1H. The third-order valence-electron chi connectivity index (χ3n) is 4.16. The van der Waals surface area contributed by atoms with E-state index in [1.165, 1.54) is 11.3 Å². The predicted molar refractivity (Wildman–Crippen MR) is 125 cm³/mol. The SMILES string of the molecule is CN(C)CCCN(C(=O)Cc1ccccc1Cl)c1nc2ccc(Br)cc2s1.Cl. The summed E-state index contributed by atoms with van der Waals surface area (Å²) in [6, 6.07) is 13.5. The molecule has 1 heterocycles. The second-order valence-corrected chi connectivity index (χ2v) is 8.91. The van der Waals surface area contributed by atoms with Crippen LogP contribution in [0.4, 0.5) is 5.13 Å². The number of fused-ring (bicyclic) bond motifs is 1. The van der Waals surface area contributed by atoms with E-state index in [-0.39, 0.29) is 24.7 Å². The molecule has 2 aromatic carbocycles. The quantitative estimate of drug-likeness (QED) is 0.418. The van der Waals surface area contributed by atoms with E-state index >= 15 is 0 Å². The molecule has 3 aromatic rings. The Kier molecular flexibility index (Phi) is 8.71. The van der Waals surface area contributed by atoms with E-state index in [9.17, 15) is 4.79 Å². The molecule has 0 atom stereocenters. The Hall–Kier alpha value is -1.18. The smallest absolute Gasteiger partial charge is 0.233 e. The van der Waals surface area contributed by atoms with Crippen LogP contribution in [0, 0.1) is 0 Å². The number of amides is 1. The van der Waals surface area contributed by atoms with E-state index in [0.717, 1.165) is 38.3 Å². The van der Waals surface area contributed by atoms with Crippen LogP contribution in [0.2, 0.25) is 5.02 Å². The van der Waals surface area contributed by atoms with Crippen molar-refractivity contribution in [3.8, 4) is 0 Å². The van der Waals surface area contributed by atoms with Crippen molar-refractivity contribution in [1.82, 2.24) is 9.88 Å².